The first kappa shape index (κ1) is 27.4. The molecule has 0 spiro atoms. The van der Waals surface area contributed by atoms with E-state index in [1.807, 2.05) is 64.1 Å². The average molecular weight is 488 g/mol. The number of sulfonamides is 1. The molecule has 2 rings (SSSR count). The van der Waals surface area contributed by atoms with Gasteiger partial charge in [-0.25, -0.2) is 8.42 Å². The number of unbranched alkanes of at least 4 members (excludes halogenated alkanes) is 1. The Morgan fingerprint density at radius 1 is 1.03 bits per heavy atom. The van der Waals surface area contributed by atoms with Crippen LogP contribution in [-0.4, -0.2) is 50.5 Å². The highest BCUT2D eigenvalue weighted by Crippen LogP contribution is 2.24. The van der Waals surface area contributed by atoms with Gasteiger partial charge in [-0.3, -0.25) is 13.9 Å². The van der Waals surface area contributed by atoms with E-state index in [9.17, 15) is 18.0 Å². The highest BCUT2D eigenvalue weighted by molar-refractivity contribution is 7.92. The van der Waals surface area contributed by atoms with Crippen molar-refractivity contribution in [2.75, 3.05) is 23.7 Å². The maximum Gasteiger partial charge on any atom is 0.244 e. The molecule has 0 heterocycles. The third kappa shape index (κ3) is 7.58. The van der Waals surface area contributed by atoms with Crippen molar-refractivity contribution in [3.63, 3.8) is 0 Å². The molecule has 0 saturated carbocycles. The number of rotatable bonds is 11. The molecule has 2 aromatic carbocycles. The Morgan fingerprint density at radius 2 is 1.71 bits per heavy atom. The van der Waals surface area contributed by atoms with Crippen LogP contribution in [0.3, 0.4) is 0 Å². The molecule has 0 radical (unpaired) electrons. The standard InChI is InChI=1S/C26H37N3O4S/c1-7-8-14-27-26(31)22(5)28(17-23-11-9-10-19(2)16-23)25(30)18-29(34(6,32)33)24-13-12-20(3)15-21(24)4/h9-13,15-16,22H,7-8,14,17-18H2,1-6H3,(H,27,31). The Labute approximate surface area is 204 Å². The number of amides is 2. The monoisotopic (exact) mass is 487 g/mol. The molecule has 0 saturated heterocycles. The number of anilines is 1. The Kier molecular flexibility index (Phi) is 9.67. The number of aryl methyl sites for hydroxylation is 3. The highest BCUT2D eigenvalue weighted by Gasteiger charge is 2.30. The number of nitrogens with zero attached hydrogens (tertiary/aromatic N) is 2. The summed E-state index contributed by atoms with van der Waals surface area (Å²) in [6.45, 7) is 9.77. The van der Waals surface area contributed by atoms with E-state index in [2.05, 4.69) is 5.32 Å². The third-order valence-corrected chi connectivity index (χ3v) is 6.86. The SMILES string of the molecule is CCCCNC(=O)C(C)N(Cc1cccc(C)c1)C(=O)CN(c1ccc(C)cc1C)S(C)(=O)=O. The molecule has 0 fully saturated rings. The lowest BCUT2D eigenvalue weighted by Gasteiger charge is -2.32. The molecule has 7 nitrogen and oxygen atoms in total. The third-order valence-electron chi connectivity index (χ3n) is 5.73. The largest absolute Gasteiger partial charge is 0.354 e. The zero-order valence-corrected chi connectivity index (χ0v) is 21.9. The molecule has 8 heteroatoms. The summed E-state index contributed by atoms with van der Waals surface area (Å²) in [5.41, 5.74) is 4.13. The minimum Gasteiger partial charge on any atom is -0.354 e. The van der Waals surface area contributed by atoms with E-state index >= 15 is 0 Å². The second-order valence-electron chi connectivity index (χ2n) is 8.89. The zero-order valence-electron chi connectivity index (χ0n) is 21.1. The van der Waals surface area contributed by atoms with Gasteiger partial charge in [0.2, 0.25) is 21.8 Å². The van der Waals surface area contributed by atoms with Crippen molar-refractivity contribution in [1.29, 1.82) is 0 Å². The van der Waals surface area contributed by atoms with E-state index in [0.29, 0.717) is 12.2 Å². The van der Waals surface area contributed by atoms with Gasteiger partial charge in [0.15, 0.2) is 0 Å². The van der Waals surface area contributed by atoms with Crippen molar-refractivity contribution in [1.82, 2.24) is 10.2 Å². The molecule has 2 amide bonds. The van der Waals surface area contributed by atoms with Gasteiger partial charge in [0, 0.05) is 13.1 Å². The molecule has 0 bridgehead atoms. The lowest BCUT2D eigenvalue weighted by atomic mass is 10.1. The van der Waals surface area contributed by atoms with Gasteiger partial charge in [-0.2, -0.15) is 0 Å². The number of carbonyl (C=O) groups excluding carboxylic acids is 2. The fourth-order valence-electron chi connectivity index (χ4n) is 3.81. The van der Waals surface area contributed by atoms with Gasteiger partial charge in [-0.05, 0) is 51.3 Å². The first-order valence-corrected chi connectivity index (χ1v) is 13.5. The predicted molar refractivity (Wildman–Crippen MR) is 137 cm³/mol. The number of hydrogen-bond acceptors (Lipinski definition) is 4. The molecule has 0 aliphatic heterocycles. The molecule has 0 aliphatic rings. The topological polar surface area (TPSA) is 86.8 Å². The normalized spacial score (nSPS) is 12.2. The van der Waals surface area contributed by atoms with Crippen molar-refractivity contribution >= 4 is 27.5 Å². The predicted octanol–water partition coefficient (Wildman–Crippen LogP) is 3.71. The number of hydrogen-bond donors (Lipinski definition) is 1. The number of nitrogens with one attached hydrogen (secondary N) is 1. The summed E-state index contributed by atoms with van der Waals surface area (Å²) in [7, 11) is -3.74. The Balaban J connectivity index is 2.38. The zero-order chi connectivity index (χ0) is 25.5. The van der Waals surface area contributed by atoms with Crippen molar-refractivity contribution in [2.24, 2.45) is 0 Å². The number of carbonyl (C=O) groups is 2. The molecular formula is C26H37N3O4S. The van der Waals surface area contributed by atoms with Crippen LogP contribution >= 0.6 is 0 Å². The van der Waals surface area contributed by atoms with Gasteiger partial charge in [-0.1, -0.05) is 60.9 Å². The number of benzene rings is 2. The van der Waals surface area contributed by atoms with Gasteiger partial charge in [0.25, 0.3) is 0 Å². The Morgan fingerprint density at radius 3 is 2.29 bits per heavy atom. The van der Waals surface area contributed by atoms with E-state index < -0.39 is 22.0 Å². The minimum atomic E-state index is -3.74. The van der Waals surface area contributed by atoms with Crippen LogP contribution in [-0.2, 0) is 26.2 Å². The van der Waals surface area contributed by atoms with Crippen LogP contribution in [0, 0.1) is 20.8 Å². The molecule has 34 heavy (non-hydrogen) atoms. The molecule has 1 N–H and O–H groups in total. The van der Waals surface area contributed by atoms with Crippen LogP contribution in [0.2, 0.25) is 0 Å². The maximum absolute atomic E-state index is 13.6. The van der Waals surface area contributed by atoms with E-state index in [1.165, 1.54) is 4.90 Å². The molecule has 1 unspecified atom stereocenters. The average Bonchev–Trinajstić information content (AvgIpc) is 2.75. The van der Waals surface area contributed by atoms with Crippen molar-refractivity contribution in [2.45, 2.75) is 60.0 Å². The first-order valence-electron chi connectivity index (χ1n) is 11.6. The molecule has 186 valence electrons. The Hall–Kier alpha value is -2.87. The van der Waals surface area contributed by atoms with E-state index in [1.54, 1.807) is 13.0 Å². The maximum atomic E-state index is 13.6. The minimum absolute atomic E-state index is 0.202. The molecule has 0 aliphatic carbocycles. The van der Waals surface area contributed by atoms with Gasteiger partial charge >= 0.3 is 0 Å². The summed E-state index contributed by atoms with van der Waals surface area (Å²) in [6, 6.07) is 12.4. The fourth-order valence-corrected chi connectivity index (χ4v) is 4.71. The summed E-state index contributed by atoms with van der Waals surface area (Å²) in [5.74, 6) is -0.697. The van der Waals surface area contributed by atoms with Gasteiger partial charge in [0.05, 0.1) is 11.9 Å². The summed E-state index contributed by atoms with van der Waals surface area (Å²) in [6.07, 6.45) is 2.88. The van der Waals surface area contributed by atoms with Crippen molar-refractivity contribution in [3.05, 3.63) is 64.7 Å². The van der Waals surface area contributed by atoms with Crippen LogP contribution in [0.25, 0.3) is 0 Å². The quantitative estimate of drug-likeness (QED) is 0.490. The summed E-state index contributed by atoms with van der Waals surface area (Å²) < 4.78 is 26.5. The van der Waals surface area contributed by atoms with E-state index in [0.717, 1.165) is 45.7 Å². The molecule has 2 aromatic rings. The second-order valence-corrected chi connectivity index (χ2v) is 10.8. The molecule has 1 atom stereocenters. The fraction of sp³-hybridized carbons (Fsp3) is 0.462. The summed E-state index contributed by atoms with van der Waals surface area (Å²) >= 11 is 0. The van der Waals surface area contributed by atoms with Crippen LogP contribution < -0.4 is 9.62 Å². The summed E-state index contributed by atoms with van der Waals surface area (Å²) in [5, 5.41) is 2.88. The first-order chi connectivity index (χ1) is 15.9. The van der Waals surface area contributed by atoms with E-state index in [-0.39, 0.29) is 19.0 Å². The van der Waals surface area contributed by atoms with Gasteiger partial charge in [0.1, 0.15) is 12.6 Å². The van der Waals surface area contributed by atoms with Gasteiger partial charge in [-0.15, -0.1) is 0 Å². The molecular weight excluding hydrogens is 450 g/mol. The summed E-state index contributed by atoms with van der Waals surface area (Å²) in [4.78, 5) is 27.8. The highest BCUT2D eigenvalue weighted by atomic mass is 32.2. The van der Waals surface area contributed by atoms with Crippen LogP contribution in [0.5, 0.6) is 0 Å². The Bertz CT molecular complexity index is 1110. The second kappa shape index (κ2) is 12.0. The smallest absolute Gasteiger partial charge is 0.244 e. The molecule has 0 aromatic heterocycles. The lowest BCUT2D eigenvalue weighted by molar-refractivity contribution is -0.139. The van der Waals surface area contributed by atoms with Gasteiger partial charge < -0.3 is 10.2 Å². The van der Waals surface area contributed by atoms with Crippen LogP contribution in [0.4, 0.5) is 5.69 Å². The lowest BCUT2D eigenvalue weighted by Crippen LogP contribution is -2.51. The van der Waals surface area contributed by atoms with E-state index in [4.69, 9.17) is 0 Å². The van der Waals surface area contributed by atoms with Crippen LogP contribution in [0.1, 0.15) is 48.9 Å². The van der Waals surface area contributed by atoms with Crippen molar-refractivity contribution < 1.29 is 18.0 Å². The van der Waals surface area contributed by atoms with Crippen LogP contribution in [0.15, 0.2) is 42.5 Å². The van der Waals surface area contributed by atoms with Crippen molar-refractivity contribution in [3.8, 4) is 0 Å².